The highest BCUT2D eigenvalue weighted by molar-refractivity contribution is 5.83. The van der Waals surface area contributed by atoms with Crippen LogP contribution < -0.4 is 5.43 Å². The maximum atomic E-state index is 14.0. The molecule has 0 unspecified atom stereocenters. The van der Waals surface area contributed by atoms with Gasteiger partial charge in [-0.15, -0.1) is 0 Å². The van der Waals surface area contributed by atoms with Crippen LogP contribution in [0.4, 0.5) is 4.39 Å². The van der Waals surface area contributed by atoms with Crippen molar-refractivity contribution >= 4 is 11.0 Å². The molecule has 0 saturated carbocycles. The van der Waals surface area contributed by atoms with E-state index in [1.165, 1.54) is 6.07 Å². The summed E-state index contributed by atoms with van der Waals surface area (Å²) in [5, 5.41) is 0.0243. The first-order valence-electron chi connectivity index (χ1n) is 7.02. The van der Waals surface area contributed by atoms with Gasteiger partial charge in [-0.2, -0.15) is 0 Å². The van der Waals surface area contributed by atoms with Crippen molar-refractivity contribution in [1.82, 2.24) is 0 Å². The molecule has 0 aliphatic rings. The first-order valence-corrected chi connectivity index (χ1v) is 7.02. The molecule has 0 bridgehead atoms. The van der Waals surface area contributed by atoms with E-state index in [-0.39, 0.29) is 10.8 Å². The van der Waals surface area contributed by atoms with Crippen LogP contribution in [0.1, 0.15) is 19.1 Å². The Hall–Kier alpha value is -2.42. The van der Waals surface area contributed by atoms with Gasteiger partial charge in [0.15, 0.2) is 0 Å². The lowest BCUT2D eigenvalue weighted by Crippen LogP contribution is -2.10. The average molecular weight is 282 g/mol. The predicted octanol–water partition coefficient (Wildman–Crippen LogP) is 4.55. The van der Waals surface area contributed by atoms with Crippen LogP contribution in [0.2, 0.25) is 0 Å². The van der Waals surface area contributed by atoms with Gasteiger partial charge in [0, 0.05) is 6.42 Å². The predicted molar refractivity (Wildman–Crippen MR) is 81.9 cm³/mol. The van der Waals surface area contributed by atoms with Gasteiger partial charge >= 0.3 is 0 Å². The molecule has 1 heterocycles. The van der Waals surface area contributed by atoms with E-state index in [1.807, 2.05) is 37.3 Å². The number of hydrogen-bond donors (Lipinski definition) is 0. The Morgan fingerprint density at radius 2 is 1.81 bits per heavy atom. The molecule has 1 aromatic heterocycles. The molecule has 0 atom stereocenters. The van der Waals surface area contributed by atoms with E-state index in [4.69, 9.17) is 4.42 Å². The van der Waals surface area contributed by atoms with E-state index in [0.717, 1.165) is 12.0 Å². The van der Waals surface area contributed by atoms with Gasteiger partial charge in [0.2, 0.25) is 5.43 Å². The van der Waals surface area contributed by atoms with Crippen molar-refractivity contribution in [3.8, 4) is 11.1 Å². The molecule has 0 N–H and O–H groups in total. The van der Waals surface area contributed by atoms with Crippen molar-refractivity contribution in [3.05, 3.63) is 70.3 Å². The highest BCUT2D eigenvalue weighted by Crippen LogP contribution is 2.26. The minimum Gasteiger partial charge on any atom is -0.460 e. The molecule has 0 radical (unpaired) electrons. The zero-order valence-corrected chi connectivity index (χ0v) is 11.7. The molecule has 3 aromatic rings. The van der Waals surface area contributed by atoms with Crippen LogP contribution in [0.15, 0.2) is 57.7 Å². The van der Waals surface area contributed by atoms with Crippen molar-refractivity contribution in [2.24, 2.45) is 0 Å². The summed E-state index contributed by atoms with van der Waals surface area (Å²) in [6.07, 6.45) is 1.50. The third kappa shape index (κ3) is 2.35. The standard InChI is InChI=1S/C18H15FO2/c1-2-7-14-16(12-8-4-3-5-9-12)18(20)17-13(19)10-6-11-15(17)21-14/h3-6,8-11H,2,7H2,1H3. The molecule has 0 fully saturated rings. The zero-order chi connectivity index (χ0) is 14.8. The summed E-state index contributed by atoms with van der Waals surface area (Å²) in [6.45, 7) is 2.02. The van der Waals surface area contributed by atoms with Crippen LogP contribution in [-0.2, 0) is 6.42 Å². The van der Waals surface area contributed by atoms with Crippen LogP contribution >= 0.6 is 0 Å². The van der Waals surface area contributed by atoms with E-state index >= 15 is 0 Å². The summed E-state index contributed by atoms with van der Waals surface area (Å²) in [4.78, 5) is 12.7. The quantitative estimate of drug-likeness (QED) is 0.705. The fourth-order valence-electron chi connectivity index (χ4n) is 2.55. The smallest absolute Gasteiger partial charge is 0.203 e. The van der Waals surface area contributed by atoms with Crippen LogP contribution in [-0.4, -0.2) is 0 Å². The van der Waals surface area contributed by atoms with Gasteiger partial charge in [-0.05, 0) is 24.1 Å². The van der Waals surface area contributed by atoms with Gasteiger partial charge in [-0.1, -0.05) is 43.3 Å². The van der Waals surface area contributed by atoms with Gasteiger partial charge in [0.05, 0.1) is 5.56 Å². The van der Waals surface area contributed by atoms with Gasteiger partial charge in [0.25, 0.3) is 0 Å². The number of fused-ring (bicyclic) bond motifs is 1. The number of rotatable bonds is 3. The molecule has 3 heteroatoms. The maximum Gasteiger partial charge on any atom is 0.203 e. The Morgan fingerprint density at radius 1 is 1.05 bits per heavy atom. The molecule has 0 aliphatic heterocycles. The van der Waals surface area contributed by atoms with Crippen molar-refractivity contribution in [2.45, 2.75) is 19.8 Å². The molecule has 0 aliphatic carbocycles. The van der Waals surface area contributed by atoms with Gasteiger partial charge < -0.3 is 4.42 Å². The largest absolute Gasteiger partial charge is 0.460 e. The van der Waals surface area contributed by atoms with E-state index in [9.17, 15) is 9.18 Å². The molecular weight excluding hydrogens is 267 g/mol. The normalized spacial score (nSPS) is 11.0. The SMILES string of the molecule is CCCc1oc2cccc(F)c2c(=O)c1-c1ccccc1. The Bertz CT molecular complexity index is 835. The summed E-state index contributed by atoms with van der Waals surface area (Å²) in [5.41, 5.74) is 1.24. The molecule has 21 heavy (non-hydrogen) atoms. The third-order valence-electron chi connectivity index (χ3n) is 3.48. The first-order chi connectivity index (χ1) is 10.2. The Kier molecular flexibility index (Phi) is 3.57. The minimum atomic E-state index is -0.540. The van der Waals surface area contributed by atoms with Crippen LogP contribution in [0.3, 0.4) is 0 Å². The van der Waals surface area contributed by atoms with Crippen molar-refractivity contribution < 1.29 is 8.81 Å². The van der Waals surface area contributed by atoms with Gasteiger partial charge in [-0.3, -0.25) is 4.79 Å². The first kappa shape index (κ1) is 13.6. The van der Waals surface area contributed by atoms with Crippen molar-refractivity contribution in [3.63, 3.8) is 0 Å². The van der Waals surface area contributed by atoms with Crippen molar-refractivity contribution in [1.29, 1.82) is 0 Å². The highest BCUT2D eigenvalue weighted by Gasteiger charge is 2.17. The fourth-order valence-corrected chi connectivity index (χ4v) is 2.55. The zero-order valence-electron chi connectivity index (χ0n) is 11.7. The van der Waals surface area contributed by atoms with Crippen LogP contribution in [0.5, 0.6) is 0 Å². The van der Waals surface area contributed by atoms with Crippen molar-refractivity contribution in [2.75, 3.05) is 0 Å². The second-order valence-electron chi connectivity index (χ2n) is 4.96. The number of hydrogen-bond acceptors (Lipinski definition) is 2. The summed E-state index contributed by atoms with van der Waals surface area (Å²) in [5.74, 6) is 0.0771. The monoisotopic (exact) mass is 282 g/mol. The topological polar surface area (TPSA) is 30.2 Å². The Morgan fingerprint density at radius 3 is 2.52 bits per heavy atom. The molecule has 0 saturated heterocycles. The van der Waals surface area contributed by atoms with E-state index in [1.54, 1.807) is 12.1 Å². The Balaban J connectivity index is 2.41. The lowest BCUT2D eigenvalue weighted by atomic mass is 10.00. The van der Waals surface area contributed by atoms with Gasteiger partial charge in [0.1, 0.15) is 22.5 Å². The maximum absolute atomic E-state index is 14.0. The lowest BCUT2D eigenvalue weighted by Gasteiger charge is -2.10. The molecule has 2 nitrogen and oxygen atoms in total. The lowest BCUT2D eigenvalue weighted by molar-refractivity contribution is 0.531. The van der Waals surface area contributed by atoms with E-state index in [0.29, 0.717) is 23.3 Å². The molecule has 0 amide bonds. The fraction of sp³-hybridized carbons (Fsp3) is 0.167. The minimum absolute atomic E-state index is 0.0243. The highest BCUT2D eigenvalue weighted by atomic mass is 19.1. The average Bonchev–Trinajstić information content (AvgIpc) is 2.48. The third-order valence-corrected chi connectivity index (χ3v) is 3.48. The van der Waals surface area contributed by atoms with E-state index in [2.05, 4.69) is 0 Å². The number of aryl methyl sites for hydroxylation is 1. The van der Waals surface area contributed by atoms with E-state index < -0.39 is 5.82 Å². The van der Waals surface area contributed by atoms with Crippen LogP contribution in [0, 0.1) is 5.82 Å². The number of halogens is 1. The molecule has 0 spiro atoms. The molecule has 106 valence electrons. The Labute approximate surface area is 121 Å². The molecule has 2 aromatic carbocycles. The summed E-state index contributed by atoms with van der Waals surface area (Å²) >= 11 is 0. The summed E-state index contributed by atoms with van der Waals surface area (Å²) in [6, 6.07) is 13.8. The summed E-state index contributed by atoms with van der Waals surface area (Å²) < 4.78 is 19.8. The van der Waals surface area contributed by atoms with Crippen LogP contribution in [0.25, 0.3) is 22.1 Å². The number of benzene rings is 2. The second kappa shape index (κ2) is 5.52. The molecular formula is C18H15FO2. The second-order valence-corrected chi connectivity index (χ2v) is 4.96. The molecule has 3 rings (SSSR count). The van der Waals surface area contributed by atoms with Gasteiger partial charge in [-0.25, -0.2) is 4.39 Å². The summed E-state index contributed by atoms with van der Waals surface area (Å²) in [7, 11) is 0.